The smallest absolute Gasteiger partial charge is 0.255 e. The third-order valence-electron chi connectivity index (χ3n) is 3.85. The number of aliphatic hydroxyl groups is 1. The highest BCUT2D eigenvalue weighted by molar-refractivity contribution is 5.99. The average molecular weight is 277 g/mol. The summed E-state index contributed by atoms with van der Waals surface area (Å²) in [6, 6.07) is 1.69. The molecule has 1 aliphatic rings. The van der Waals surface area contributed by atoms with E-state index in [1.165, 1.54) is 0 Å². The molecule has 0 bridgehead atoms. The van der Waals surface area contributed by atoms with Crippen molar-refractivity contribution in [2.75, 3.05) is 12.4 Å². The van der Waals surface area contributed by atoms with Gasteiger partial charge in [-0.25, -0.2) is 0 Å². The van der Waals surface area contributed by atoms with E-state index in [0.29, 0.717) is 5.56 Å². The number of rotatable bonds is 3. The van der Waals surface area contributed by atoms with Gasteiger partial charge >= 0.3 is 0 Å². The lowest BCUT2D eigenvalue weighted by molar-refractivity contribution is 0.0819. The van der Waals surface area contributed by atoms with E-state index in [-0.39, 0.29) is 11.9 Å². The highest BCUT2D eigenvalue weighted by atomic mass is 16.3. The van der Waals surface area contributed by atoms with Crippen LogP contribution in [-0.4, -0.2) is 35.2 Å². The summed E-state index contributed by atoms with van der Waals surface area (Å²) in [7, 11) is 1.78. The van der Waals surface area contributed by atoms with E-state index in [9.17, 15) is 9.90 Å². The largest absolute Gasteiger partial charge is 0.391 e. The predicted molar refractivity (Wildman–Crippen MR) is 78.9 cm³/mol. The van der Waals surface area contributed by atoms with Gasteiger partial charge in [-0.2, -0.15) is 0 Å². The third kappa shape index (κ3) is 3.48. The summed E-state index contributed by atoms with van der Waals surface area (Å²) < 4.78 is 0. The minimum Gasteiger partial charge on any atom is -0.391 e. The predicted octanol–water partition coefficient (Wildman–Crippen LogP) is 1.86. The monoisotopic (exact) mass is 277 g/mol. The Bertz CT molecular complexity index is 476. The molecule has 0 radical (unpaired) electrons. The molecule has 1 aromatic heterocycles. The average Bonchev–Trinajstić information content (AvgIpc) is 2.64. The fourth-order valence-corrected chi connectivity index (χ4v) is 2.65. The Balaban J connectivity index is 2.11. The molecule has 5 heteroatoms. The van der Waals surface area contributed by atoms with Crippen LogP contribution in [0.25, 0.3) is 0 Å². The summed E-state index contributed by atoms with van der Waals surface area (Å²) in [5.41, 5.74) is 2.15. The Hall–Kier alpha value is -1.62. The quantitative estimate of drug-likeness (QED) is 0.737. The Morgan fingerprint density at radius 2 is 2.10 bits per heavy atom. The van der Waals surface area contributed by atoms with Crippen LogP contribution in [-0.2, 0) is 0 Å². The molecule has 0 spiro atoms. The molecule has 110 valence electrons. The first-order valence-electron chi connectivity index (χ1n) is 7.25. The van der Waals surface area contributed by atoms with Gasteiger partial charge in [0.25, 0.3) is 5.91 Å². The maximum absolute atomic E-state index is 12.4. The van der Waals surface area contributed by atoms with Crippen molar-refractivity contribution in [3.8, 4) is 0 Å². The number of aliphatic hydroxyl groups excluding tert-OH is 1. The second kappa shape index (κ2) is 6.70. The molecule has 5 nitrogen and oxygen atoms in total. The second-order valence-electron chi connectivity index (χ2n) is 5.41. The van der Waals surface area contributed by atoms with Crippen LogP contribution in [0.2, 0.25) is 0 Å². The molecule has 0 aliphatic heterocycles. The number of nitrogens with zero attached hydrogens (tertiary/aromatic N) is 1. The summed E-state index contributed by atoms with van der Waals surface area (Å²) in [4.78, 5) is 16.5. The Morgan fingerprint density at radius 1 is 1.35 bits per heavy atom. The number of hydrogen-bond donors (Lipinski definition) is 3. The fraction of sp³-hybridized carbons (Fsp3) is 0.600. The lowest BCUT2D eigenvalue weighted by Gasteiger charge is -2.22. The molecule has 2 unspecified atom stereocenters. The van der Waals surface area contributed by atoms with Crippen molar-refractivity contribution in [1.29, 1.82) is 0 Å². The van der Waals surface area contributed by atoms with Crippen LogP contribution in [0.5, 0.6) is 0 Å². The number of anilines is 1. The second-order valence-corrected chi connectivity index (χ2v) is 5.41. The number of nitrogens with one attached hydrogen (secondary N) is 2. The number of hydrogen-bond acceptors (Lipinski definition) is 4. The van der Waals surface area contributed by atoms with Crippen molar-refractivity contribution in [2.45, 2.75) is 51.2 Å². The highest BCUT2D eigenvalue weighted by Crippen LogP contribution is 2.20. The number of pyridine rings is 1. The SMILES string of the molecule is CNc1cc(C)ncc1C(=O)NC1CCCCCC1O. The lowest BCUT2D eigenvalue weighted by Crippen LogP contribution is -2.42. The normalized spacial score (nSPS) is 22.9. The molecule has 2 rings (SSSR count). The van der Waals surface area contributed by atoms with Crippen LogP contribution in [0, 0.1) is 6.92 Å². The molecule has 1 fully saturated rings. The van der Waals surface area contributed by atoms with Crippen LogP contribution in [0.1, 0.15) is 48.2 Å². The van der Waals surface area contributed by atoms with E-state index in [2.05, 4.69) is 15.6 Å². The fourth-order valence-electron chi connectivity index (χ4n) is 2.65. The van der Waals surface area contributed by atoms with Gasteiger partial charge in [0.15, 0.2) is 0 Å². The number of aromatic nitrogens is 1. The van der Waals surface area contributed by atoms with Crippen molar-refractivity contribution >= 4 is 11.6 Å². The molecule has 1 aliphatic carbocycles. The zero-order valence-electron chi connectivity index (χ0n) is 12.1. The van der Waals surface area contributed by atoms with E-state index in [0.717, 1.165) is 43.5 Å². The number of carbonyl (C=O) groups is 1. The summed E-state index contributed by atoms with van der Waals surface area (Å²) in [6.07, 6.45) is 5.93. The molecule has 1 heterocycles. The van der Waals surface area contributed by atoms with Crippen molar-refractivity contribution in [3.05, 3.63) is 23.5 Å². The minimum atomic E-state index is -0.446. The number of aryl methyl sites for hydroxylation is 1. The van der Waals surface area contributed by atoms with Gasteiger partial charge < -0.3 is 15.7 Å². The van der Waals surface area contributed by atoms with Crippen molar-refractivity contribution < 1.29 is 9.90 Å². The van der Waals surface area contributed by atoms with Gasteiger partial charge in [-0.05, 0) is 25.8 Å². The van der Waals surface area contributed by atoms with Crippen LogP contribution in [0.15, 0.2) is 12.3 Å². The van der Waals surface area contributed by atoms with Gasteiger partial charge in [0.2, 0.25) is 0 Å². The first kappa shape index (κ1) is 14.8. The van der Waals surface area contributed by atoms with Crippen molar-refractivity contribution in [3.63, 3.8) is 0 Å². The van der Waals surface area contributed by atoms with E-state index >= 15 is 0 Å². The number of amides is 1. The Morgan fingerprint density at radius 3 is 2.85 bits per heavy atom. The summed E-state index contributed by atoms with van der Waals surface area (Å²) in [5.74, 6) is -0.173. The molecule has 3 N–H and O–H groups in total. The van der Waals surface area contributed by atoms with Gasteiger partial charge in [-0.15, -0.1) is 0 Å². The topological polar surface area (TPSA) is 74.2 Å². The standard InChI is InChI=1S/C15H23N3O2/c1-10-8-13(16-2)11(9-17-10)15(20)18-12-6-4-3-5-7-14(12)19/h8-9,12,14,19H,3-7H2,1-2H3,(H,16,17)(H,18,20). The summed E-state index contributed by atoms with van der Waals surface area (Å²) in [5, 5.41) is 16.0. The Labute approximate surface area is 119 Å². The van der Waals surface area contributed by atoms with Gasteiger partial charge in [-0.1, -0.05) is 19.3 Å². The van der Waals surface area contributed by atoms with Crippen LogP contribution < -0.4 is 10.6 Å². The maximum atomic E-state index is 12.4. The molecule has 1 saturated carbocycles. The van der Waals surface area contributed by atoms with Gasteiger partial charge in [-0.3, -0.25) is 9.78 Å². The molecule has 1 aromatic rings. The molecule has 20 heavy (non-hydrogen) atoms. The lowest BCUT2D eigenvalue weighted by atomic mass is 10.1. The van der Waals surface area contributed by atoms with Crippen LogP contribution in [0.3, 0.4) is 0 Å². The van der Waals surface area contributed by atoms with Gasteiger partial charge in [0, 0.05) is 18.9 Å². The van der Waals surface area contributed by atoms with E-state index in [4.69, 9.17) is 0 Å². The zero-order valence-corrected chi connectivity index (χ0v) is 12.1. The van der Waals surface area contributed by atoms with Gasteiger partial charge in [0.1, 0.15) is 0 Å². The first-order valence-corrected chi connectivity index (χ1v) is 7.25. The van der Waals surface area contributed by atoms with Crippen LogP contribution >= 0.6 is 0 Å². The Kier molecular flexibility index (Phi) is 4.95. The molecular weight excluding hydrogens is 254 g/mol. The zero-order chi connectivity index (χ0) is 14.5. The van der Waals surface area contributed by atoms with E-state index < -0.39 is 6.10 Å². The van der Waals surface area contributed by atoms with Crippen molar-refractivity contribution in [2.24, 2.45) is 0 Å². The maximum Gasteiger partial charge on any atom is 0.255 e. The van der Waals surface area contributed by atoms with Gasteiger partial charge in [0.05, 0.1) is 23.4 Å². The number of carbonyl (C=O) groups excluding carboxylic acids is 1. The van der Waals surface area contributed by atoms with E-state index in [1.54, 1.807) is 13.2 Å². The molecule has 2 atom stereocenters. The summed E-state index contributed by atoms with van der Waals surface area (Å²) >= 11 is 0. The molecule has 1 amide bonds. The molecular formula is C15H23N3O2. The minimum absolute atomic E-state index is 0.156. The molecule has 0 aromatic carbocycles. The van der Waals surface area contributed by atoms with Crippen LogP contribution in [0.4, 0.5) is 5.69 Å². The third-order valence-corrected chi connectivity index (χ3v) is 3.85. The van der Waals surface area contributed by atoms with E-state index in [1.807, 2.05) is 13.0 Å². The highest BCUT2D eigenvalue weighted by Gasteiger charge is 2.24. The molecule has 0 saturated heterocycles. The first-order chi connectivity index (χ1) is 9.61. The summed E-state index contributed by atoms with van der Waals surface area (Å²) in [6.45, 7) is 1.89. The van der Waals surface area contributed by atoms with Crippen molar-refractivity contribution in [1.82, 2.24) is 10.3 Å².